The van der Waals surface area contributed by atoms with Crippen LogP contribution in [-0.4, -0.2) is 61.0 Å². The molecule has 4 aromatic rings. The molecule has 10 heteroatoms. The Morgan fingerprint density at radius 3 is 1.70 bits per heavy atom. The number of hydrogen-bond acceptors (Lipinski definition) is 6. The Kier molecular flexibility index (Phi) is 11.2. The second-order valence-corrected chi connectivity index (χ2v) is 21.0. The SMILES string of the molecule is C=CCOC(=O)C(N1C(=O)C(C(C)O[Si](C)(C)C)C1CC(=O)c1ccc(C(N)=O)cc1)=P(c1ccccc1)(c1ccccc1)c1ccccc1. The van der Waals surface area contributed by atoms with E-state index in [0.29, 0.717) is 5.56 Å². The molecule has 4 aromatic carbocycles. The fourth-order valence-electron chi connectivity index (χ4n) is 6.68. The molecule has 0 saturated carbocycles. The first-order chi connectivity index (χ1) is 23.9. The van der Waals surface area contributed by atoms with Crippen LogP contribution in [0.1, 0.15) is 34.1 Å². The van der Waals surface area contributed by atoms with Crippen LogP contribution in [0.25, 0.3) is 0 Å². The normalized spacial score (nSPS) is 16.6. The maximum atomic E-state index is 14.8. The van der Waals surface area contributed by atoms with E-state index in [2.05, 4.69) is 6.58 Å². The second kappa shape index (κ2) is 15.4. The molecule has 5 rings (SSSR count). The number of nitrogens with zero attached hydrogens (tertiary/aromatic N) is 1. The zero-order chi connectivity index (χ0) is 36.1. The molecule has 8 nitrogen and oxygen atoms in total. The van der Waals surface area contributed by atoms with Crippen molar-refractivity contribution in [2.45, 2.75) is 45.1 Å². The van der Waals surface area contributed by atoms with Gasteiger partial charge in [0.05, 0.1) is 18.1 Å². The highest BCUT2D eigenvalue weighted by atomic mass is 31.2. The van der Waals surface area contributed by atoms with Gasteiger partial charge >= 0.3 is 5.97 Å². The molecule has 1 heterocycles. The number of primary amides is 1. The number of ether oxygens (including phenoxy) is 1. The van der Waals surface area contributed by atoms with Crippen molar-refractivity contribution in [1.82, 2.24) is 4.90 Å². The summed E-state index contributed by atoms with van der Waals surface area (Å²) in [6.45, 7) is 8.52. The zero-order valence-electron chi connectivity index (χ0n) is 28.8. The summed E-state index contributed by atoms with van der Waals surface area (Å²) >= 11 is 0. The minimum Gasteiger partial charge on any atom is -0.457 e. The van der Waals surface area contributed by atoms with Crippen molar-refractivity contribution in [3.05, 3.63) is 139 Å². The van der Waals surface area contributed by atoms with Crippen LogP contribution in [-0.2, 0) is 18.8 Å². The van der Waals surface area contributed by atoms with Crippen molar-refractivity contribution >= 4 is 60.1 Å². The van der Waals surface area contributed by atoms with E-state index >= 15 is 0 Å². The van der Waals surface area contributed by atoms with E-state index in [1.165, 1.54) is 23.1 Å². The molecular formula is C40H43N2O6PSi. The highest BCUT2D eigenvalue weighted by Gasteiger charge is 2.56. The van der Waals surface area contributed by atoms with Crippen molar-refractivity contribution in [2.75, 3.05) is 6.61 Å². The van der Waals surface area contributed by atoms with Crippen molar-refractivity contribution in [2.24, 2.45) is 11.7 Å². The number of Topliss-reactive ketones (excluding diaryl/α,β-unsaturated/α-hetero) is 1. The van der Waals surface area contributed by atoms with Crippen LogP contribution in [0.15, 0.2) is 128 Å². The lowest BCUT2D eigenvalue weighted by atomic mass is 9.79. The number of ketones is 1. The predicted molar refractivity (Wildman–Crippen MR) is 203 cm³/mol. The third-order valence-electron chi connectivity index (χ3n) is 8.69. The number of amides is 2. The van der Waals surface area contributed by atoms with Gasteiger partial charge in [-0.1, -0.05) is 116 Å². The number of nitrogens with two attached hydrogens (primary N) is 1. The number of hydrogen-bond donors (Lipinski definition) is 1. The van der Waals surface area contributed by atoms with Crippen LogP contribution < -0.4 is 21.6 Å². The molecule has 3 unspecified atom stereocenters. The third kappa shape index (κ3) is 7.36. The predicted octanol–water partition coefficient (Wildman–Crippen LogP) is 5.28. The van der Waals surface area contributed by atoms with Gasteiger partial charge in [-0.15, -0.1) is 0 Å². The number of benzene rings is 4. The van der Waals surface area contributed by atoms with Gasteiger partial charge in [0.25, 0.3) is 0 Å². The molecular weight excluding hydrogens is 664 g/mol. The molecule has 1 aliphatic rings. The summed E-state index contributed by atoms with van der Waals surface area (Å²) in [4.78, 5) is 56.8. The van der Waals surface area contributed by atoms with Gasteiger partial charge in [0.1, 0.15) is 12.0 Å². The third-order valence-corrected chi connectivity index (χ3v) is 14.0. The van der Waals surface area contributed by atoms with Crippen molar-refractivity contribution in [3.63, 3.8) is 0 Å². The lowest BCUT2D eigenvalue weighted by Gasteiger charge is -2.52. The van der Waals surface area contributed by atoms with Crippen LogP contribution in [0.3, 0.4) is 0 Å². The van der Waals surface area contributed by atoms with Crippen LogP contribution in [0.4, 0.5) is 0 Å². The topological polar surface area (TPSA) is 116 Å². The van der Waals surface area contributed by atoms with Gasteiger partial charge < -0.3 is 19.8 Å². The molecule has 0 aliphatic carbocycles. The average Bonchev–Trinajstić information content (AvgIpc) is 3.10. The van der Waals surface area contributed by atoms with E-state index in [4.69, 9.17) is 14.9 Å². The summed E-state index contributed by atoms with van der Waals surface area (Å²) in [7, 11) is -2.13. The van der Waals surface area contributed by atoms with Crippen LogP contribution in [0.2, 0.25) is 19.6 Å². The first kappa shape index (κ1) is 36.5. The minimum atomic E-state index is -3.17. The Bertz CT molecular complexity index is 1820. The zero-order valence-corrected chi connectivity index (χ0v) is 30.7. The number of rotatable bonds is 14. The van der Waals surface area contributed by atoms with Gasteiger partial charge in [0.2, 0.25) is 11.8 Å². The van der Waals surface area contributed by atoms with Gasteiger partial charge in [-0.25, -0.2) is 4.79 Å². The average molecular weight is 707 g/mol. The molecule has 258 valence electrons. The van der Waals surface area contributed by atoms with E-state index in [-0.39, 0.29) is 35.7 Å². The Labute approximate surface area is 295 Å². The summed E-state index contributed by atoms with van der Waals surface area (Å²) in [5.74, 6) is -2.53. The molecule has 3 atom stereocenters. The van der Waals surface area contributed by atoms with Gasteiger partial charge in [-0.2, -0.15) is 0 Å². The molecule has 1 saturated heterocycles. The number of esters is 1. The molecule has 1 aliphatic heterocycles. The monoisotopic (exact) mass is 706 g/mol. The Hall–Kier alpha value is -4.82. The summed E-state index contributed by atoms with van der Waals surface area (Å²) in [6.07, 6.45) is 0.871. The molecule has 0 bridgehead atoms. The standard InChI is InChI=1S/C40H43N2O6PSi/c1-6-26-47-40(46)39(49(31-16-10-7-11-17-31,32-18-12-8-13-19-32)33-20-14-9-15-21-33)42-34(36(38(42)45)28(2)48-50(3,4)5)27-35(43)29-22-24-30(25-23-29)37(41)44/h6-25,28,34,36H,1,26-27H2,2-5H3,(H2,41,44). The van der Waals surface area contributed by atoms with Crippen molar-refractivity contribution < 1.29 is 28.3 Å². The molecule has 0 spiro atoms. The number of carbonyl (C=O) groups excluding carboxylic acids is 4. The number of carbonyl (C=O) groups is 4. The lowest BCUT2D eigenvalue weighted by Crippen LogP contribution is -2.69. The summed E-state index contributed by atoms with van der Waals surface area (Å²) in [5.41, 5.74) is 6.26. The van der Waals surface area contributed by atoms with Gasteiger partial charge in [0.15, 0.2) is 14.1 Å². The van der Waals surface area contributed by atoms with E-state index in [1.807, 2.05) is 118 Å². The molecule has 0 aromatic heterocycles. The van der Waals surface area contributed by atoms with Crippen molar-refractivity contribution in [3.8, 4) is 0 Å². The van der Waals surface area contributed by atoms with Crippen LogP contribution in [0, 0.1) is 5.92 Å². The highest BCUT2D eigenvalue weighted by molar-refractivity contribution is 7.96. The molecule has 0 radical (unpaired) electrons. The maximum Gasteiger partial charge on any atom is 0.356 e. The van der Waals surface area contributed by atoms with E-state index < -0.39 is 45.1 Å². The van der Waals surface area contributed by atoms with Gasteiger partial charge in [-0.3, -0.25) is 14.4 Å². The maximum absolute atomic E-state index is 14.8. The summed E-state index contributed by atoms with van der Waals surface area (Å²) in [6, 6.07) is 34.5. The smallest absolute Gasteiger partial charge is 0.356 e. The van der Waals surface area contributed by atoms with Crippen LogP contribution in [0.5, 0.6) is 0 Å². The van der Waals surface area contributed by atoms with Gasteiger partial charge in [-0.05, 0) is 54.6 Å². The van der Waals surface area contributed by atoms with Crippen LogP contribution >= 0.6 is 6.89 Å². The molecule has 2 amide bonds. The van der Waals surface area contributed by atoms with Gasteiger partial charge in [0, 0.05) is 24.4 Å². The largest absolute Gasteiger partial charge is 0.457 e. The van der Waals surface area contributed by atoms with E-state index in [0.717, 1.165) is 15.9 Å². The minimum absolute atomic E-state index is 0.0723. The molecule has 50 heavy (non-hydrogen) atoms. The summed E-state index contributed by atoms with van der Waals surface area (Å²) < 4.78 is 12.3. The Balaban J connectivity index is 1.82. The fourth-order valence-corrected chi connectivity index (χ4v) is 12.3. The Morgan fingerprint density at radius 1 is 0.820 bits per heavy atom. The van der Waals surface area contributed by atoms with Crippen molar-refractivity contribution in [1.29, 1.82) is 0 Å². The van der Waals surface area contributed by atoms with E-state index in [1.54, 1.807) is 12.1 Å². The lowest BCUT2D eigenvalue weighted by molar-refractivity contribution is -0.156. The first-order valence-electron chi connectivity index (χ1n) is 16.6. The molecule has 1 fully saturated rings. The summed E-state index contributed by atoms with van der Waals surface area (Å²) in [5, 5.41) is 2.54. The number of β-lactam (4-membered cyclic amide) rings is 1. The quantitative estimate of drug-likeness (QED) is 0.0477. The first-order valence-corrected chi connectivity index (χ1v) is 21.7. The molecule has 2 N–H and O–H groups in total. The van der Waals surface area contributed by atoms with E-state index in [9.17, 15) is 19.2 Å². The second-order valence-electron chi connectivity index (χ2n) is 13.2. The number of likely N-dealkylation sites (tertiary alicyclic amines) is 1. The highest BCUT2D eigenvalue weighted by Crippen LogP contribution is 2.50. The Morgan fingerprint density at radius 2 is 1.28 bits per heavy atom. The fraction of sp³-hybridized carbons (Fsp3) is 0.225.